The second kappa shape index (κ2) is 7.42. The smallest absolute Gasteiger partial charge is 0.315 e. The maximum atomic E-state index is 12.1. The van der Waals surface area contributed by atoms with E-state index in [1.54, 1.807) is 11.3 Å². The van der Waals surface area contributed by atoms with Crippen molar-refractivity contribution < 1.29 is 9.90 Å². The number of thiophene rings is 1. The first-order chi connectivity index (χ1) is 10.5. The van der Waals surface area contributed by atoms with Crippen molar-refractivity contribution in [3.05, 3.63) is 58.3 Å². The van der Waals surface area contributed by atoms with Crippen LogP contribution in [0.1, 0.15) is 30.3 Å². The number of hydrogen-bond acceptors (Lipinski definition) is 3. The number of rotatable bonds is 6. The van der Waals surface area contributed by atoms with E-state index in [0.717, 1.165) is 5.56 Å². The molecule has 0 spiro atoms. The van der Waals surface area contributed by atoms with Gasteiger partial charge in [-0.1, -0.05) is 50.2 Å². The third-order valence-corrected chi connectivity index (χ3v) is 4.80. The predicted octanol–water partition coefficient (Wildman–Crippen LogP) is 3.06. The van der Waals surface area contributed by atoms with E-state index >= 15 is 0 Å². The Hall–Kier alpha value is -1.85. The van der Waals surface area contributed by atoms with Crippen LogP contribution in [0.2, 0.25) is 0 Å². The van der Waals surface area contributed by atoms with Crippen molar-refractivity contribution in [2.45, 2.75) is 25.3 Å². The minimum Gasteiger partial charge on any atom is -0.394 e. The van der Waals surface area contributed by atoms with Crippen molar-refractivity contribution in [3.8, 4) is 0 Å². The van der Waals surface area contributed by atoms with Gasteiger partial charge in [0.1, 0.15) is 0 Å². The standard InChI is InChI=1S/C17H22N2O2S/c1-17(2,15-9-6-10-22-15)12-18-16(21)19-14(11-20)13-7-4-3-5-8-13/h3-10,14,20H,11-12H2,1-2H3,(H2,18,19,21). The molecule has 0 aliphatic rings. The molecule has 1 aromatic heterocycles. The zero-order chi connectivity index (χ0) is 16.0. The van der Waals surface area contributed by atoms with Crippen LogP contribution < -0.4 is 10.6 Å². The Kier molecular flexibility index (Phi) is 5.57. The maximum Gasteiger partial charge on any atom is 0.315 e. The SMILES string of the molecule is CC(C)(CNC(=O)NC(CO)c1ccccc1)c1cccs1. The molecule has 0 aliphatic heterocycles. The summed E-state index contributed by atoms with van der Waals surface area (Å²) >= 11 is 1.69. The number of benzene rings is 1. The number of nitrogens with one attached hydrogen (secondary N) is 2. The molecule has 0 bridgehead atoms. The third-order valence-electron chi connectivity index (χ3n) is 3.57. The molecule has 0 saturated carbocycles. The van der Waals surface area contributed by atoms with Crippen LogP contribution in [0.4, 0.5) is 4.79 Å². The van der Waals surface area contributed by atoms with Gasteiger partial charge in [0.2, 0.25) is 0 Å². The first kappa shape index (κ1) is 16.5. The second-order valence-electron chi connectivity index (χ2n) is 5.83. The summed E-state index contributed by atoms with van der Waals surface area (Å²) in [4.78, 5) is 13.3. The van der Waals surface area contributed by atoms with Crippen LogP contribution in [0.25, 0.3) is 0 Å². The molecular weight excluding hydrogens is 296 g/mol. The molecule has 118 valence electrons. The largest absolute Gasteiger partial charge is 0.394 e. The number of urea groups is 1. The molecule has 0 aliphatic carbocycles. The highest BCUT2D eigenvalue weighted by molar-refractivity contribution is 7.10. The highest BCUT2D eigenvalue weighted by Gasteiger charge is 2.23. The van der Waals surface area contributed by atoms with Gasteiger partial charge >= 0.3 is 6.03 Å². The molecule has 1 atom stereocenters. The van der Waals surface area contributed by atoms with Crippen LogP contribution in [0.3, 0.4) is 0 Å². The Morgan fingerprint density at radius 1 is 1.23 bits per heavy atom. The quantitative estimate of drug-likeness (QED) is 0.766. The fourth-order valence-corrected chi connectivity index (χ4v) is 3.03. The lowest BCUT2D eigenvalue weighted by atomic mass is 9.91. The topological polar surface area (TPSA) is 61.4 Å². The van der Waals surface area contributed by atoms with E-state index < -0.39 is 6.04 Å². The number of carbonyl (C=O) groups is 1. The molecule has 2 rings (SSSR count). The molecule has 22 heavy (non-hydrogen) atoms. The summed E-state index contributed by atoms with van der Waals surface area (Å²) in [5.74, 6) is 0. The van der Waals surface area contributed by atoms with Gasteiger partial charge < -0.3 is 15.7 Å². The number of hydrogen-bond donors (Lipinski definition) is 3. The first-order valence-corrected chi connectivity index (χ1v) is 8.15. The summed E-state index contributed by atoms with van der Waals surface area (Å²) < 4.78 is 0. The van der Waals surface area contributed by atoms with Crippen molar-refractivity contribution in [1.29, 1.82) is 0 Å². The highest BCUT2D eigenvalue weighted by Crippen LogP contribution is 2.26. The molecular formula is C17H22N2O2S. The van der Waals surface area contributed by atoms with E-state index in [-0.39, 0.29) is 18.1 Å². The lowest BCUT2D eigenvalue weighted by Gasteiger charge is -2.25. The van der Waals surface area contributed by atoms with Gasteiger partial charge in [-0.15, -0.1) is 11.3 Å². The Morgan fingerprint density at radius 2 is 1.95 bits per heavy atom. The molecule has 2 aromatic rings. The number of carbonyl (C=O) groups excluding carboxylic acids is 1. The number of aliphatic hydroxyl groups excluding tert-OH is 1. The van der Waals surface area contributed by atoms with Crippen molar-refractivity contribution in [2.75, 3.05) is 13.2 Å². The van der Waals surface area contributed by atoms with Crippen LogP contribution in [0, 0.1) is 0 Å². The third kappa shape index (κ3) is 4.32. The maximum absolute atomic E-state index is 12.1. The van der Waals surface area contributed by atoms with Crippen LogP contribution in [0.5, 0.6) is 0 Å². The zero-order valence-electron chi connectivity index (χ0n) is 12.9. The van der Waals surface area contributed by atoms with Gasteiger partial charge in [-0.25, -0.2) is 4.79 Å². The normalized spacial score (nSPS) is 12.7. The van der Waals surface area contributed by atoms with Crippen LogP contribution in [-0.4, -0.2) is 24.3 Å². The van der Waals surface area contributed by atoms with E-state index in [4.69, 9.17) is 0 Å². The van der Waals surface area contributed by atoms with Gasteiger partial charge in [0.05, 0.1) is 12.6 Å². The zero-order valence-corrected chi connectivity index (χ0v) is 13.7. The van der Waals surface area contributed by atoms with E-state index in [0.29, 0.717) is 6.54 Å². The van der Waals surface area contributed by atoms with Gasteiger partial charge in [-0.05, 0) is 17.0 Å². The van der Waals surface area contributed by atoms with Crippen molar-refractivity contribution in [3.63, 3.8) is 0 Å². The average Bonchev–Trinajstić information content (AvgIpc) is 3.07. The summed E-state index contributed by atoms with van der Waals surface area (Å²) in [7, 11) is 0. The Bertz CT molecular complexity index is 582. The summed E-state index contributed by atoms with van der Waals surface area (Å²) in [6.07, 6.45) is 0. The minimum atomic E-state index is -0.397. The van der Waals surface area contributed by atoms with Gasteiger partial charge in [-0.2, -0.15) is 0 Å². The Labute approximate surface area is 135 Å². The fraction of sp³-hybridized carbons (Fsp3) is 0.353. The van der Waals surface area contributed by atoms with Crippen LogP contribution in [-0.2, 0) is 5.41 Å². The summed E-state index contributed by atoms with van der Waals surface area (Å²) in [5, 5.41) is 17.2. The van der Waals surface area contributed by atoms with E-state index in [1.165, 1.54) is 4.88 Å². The van der Waals surface area contributed by atoms with Gasteiger partial charge in [0.25, 0.3) is 0 Å². The van der Waals surface area contributed by atoms with Crippen LogP contribution in [0.15, 0.2) is 47.8 Å². The van der Waals surface area contributed by atoms with E-state index in [9.17, 15) is 9.90 Å². The number of amides is 2. The predicted molar refractivity (Wildman–Crippen MR) is 90.1 cm³/mol. The van der Waals surface area contributed by atoms with Crippen molar-refractivity contribution >= 4 is 17.4 Å². The molecule has 2 amide bonds. The summed E-state index contributed by atoms with van der Waals surface area (Å²) in [6, 6.07) is 12.9. The molecule has 5 heteroatoms. The van der Waals surface area contributed by atoms with E-state index in [2.05, 4.69) is 30.5 Å². The van der Waals surface area contributed by atoms with Crippen molar-refractivity contribution in [1.82, 2.24) is 10.6 Å². The highest BCUT2D eigenvalue weighted by atomic mass is 32.1. The second-order valence-corrected chi connectivity index (χ2v) is 6.78. The molecule has 3 N–H and O–H groups in total. The first-order valence-electron chi connectivity index (χ1n) is 7.27. The number of aliphatic hydroxyl groups is 1. The average molecular weight is 318 g/mol. The van der Waals surface area contributed by atoms with Gasteiger partial charge in [0.15, 0.2) is 0 Å². The molecule has 1 heterocycles. The molecule has 1 aromatic carbocycles. The van der Waals surface area contributed by atoms with E-state index in [1.807, 2.05) is 41.8 Å². The summed E-state index contributed by atoms with van der Waals surface area (Å²) in [6.45, 7) is 4.59. The molecule has 0 saturated heterocycles. The lowest BCUT2D eigenvalue weighted by molar-refractivity contribution is 0.215. The Morgan fingerprint density at radius 3 is 2.55 bits per heavy atom. The summed E-state index contributed by atoms with van der Waals surface area (Å²) in [5.41, 5.74) is 0.769. The van der Waals surface area contributed by atoms with Crippen molar-refractivity contribution in [2.24, 2.45) is 0 Å². The monoisotopic (exact) mass is 318 g/mol. The minimum absolute atomic E-state index is 0.118. The molecule has 0 radical (unpaired) electrons. The lowest BCUT2D eigenvalue weighted by Crippen LogP contribution is -2.44. The molecule has 1 unspecified atom stereocenters. The Balaban J connectivity index is 1.90. The van der Waals surface area contributed by atoms with Gasteiger partial charge in [-0.3, -0.25) is 0 Å². The molecule has 0 fully saturated rings. The van der Waals surface area contributed by atoms with Crippen LogP contribution >= 0.6 is 11.3 Å². The van der Waals surface area contributed by atoms with Gasteiger partial charge in [0, 0.05) is 16.8 Å². The fourth-order valence-electron chi connectivity index (χ4n) is 2.18. The molecule has 4 nitrogen and oxygen atoms in total.